The molecule has 37 heavy (non-hydrogen) atoms. The van der Waals surface area contributed by atoms with Crippen LogP contribution < -0.4 is 10.2 Å². The van der Waals surface area contributed by atoms with Crippen molar-refractivity contribution in [2.45, 2.75) is 25.7 Å². The SMILES string of the molecule is CC/C=C(\NC1N=C(c2ccccc2F)c2ccccc2N(CC(F)(F)F)C1=O)c1ccc(Cl)c(Cl)c1. The fourth-order valence-electron chi connectivity index (χ4n) is 4.01. The summed E-state index contributed by atoms with van der Waals surface area (Å²) in [4.78, 5) is 18.8. The molecule has 10 heteroatoms. The van der Waals surface area contributed by atoms with E-state index in [4.69, 9.17) is 23.2 Å². The molecule has 0 bridgehead atoms. The molecule has 192 valence electrons. The second kappa shape index (κ2) is 10.9. The number of amides is 1. The van der Waals surface area contributed by atoms with Crippen LogP contribution in [-0.4, -0.2) is 30.5 Å². The predicted octanol–water partition coefficient (Wildman–Crippen LogP) is 7.25. The summed E-state index contributed by atoms with van der Waals surface area (Å²) in [6, 6.07) is 16.6. The molecule has 1 aliphatic heterocycles. The van der Waals surface area contributed by atoms with E-state index in [1.807, 2.05) is 6.92 Å². The van der Waals surface area contributed by atoms with E-state index in [1.54, 1.807) is 36.4 Å². The monoisotopic (exact) mass is 549 g/mol. The minimum atomic E-state index is -4.69. The van der Waals surface area contributed by atoms with E-state index in [2.05, 4.69) is 10.3 Å². The fourth-order valence-corrected chi connectivity index (χ4v) is 4.31. The number of carbonyl (C=O) groups excluding carboxylic acids is 1. The van der Waals surface area contributed by atoms with Gasteiger partial charge in [-0.15, -0.1) is 0 Å². The van der Waals surface area contributed by atoms with Gasteiger partial charge < -0.3 is 5.32 Å². The van der Waals surface area contributed by atoms with Gasteiger partial charge in [-0.2, -0.15) is 13.2 Å². The number of nitrogens with one attached hydrogen (secondary N) is 1. The maximum Gasteiger partial charge on any atom is 0.406 e. The highest BCUT2D eigenvalue weighted by molar-refractivity contribution is 6.42. The Kier molecular flexibility index (Phi) is 7.90. The molecule has 1 aliphatic rings. The minimum Gasteiger partial charge on any atom is -0.356 e. The van der Waals surface area contributed by atoms with E-state index >= 15 is 0 Å². The number of allylic oxidation sites excluding steroid dienone is 1. The number of nitrogens with zero attached hydrogens (tertiary/aromatic N) is 2. The van der Waals surface area contributed by atoms with Crippen LogP contribution in [0.4, 0.5) is 23.2 Å². The van der Waals surface area contributed by atoms with Gasteiger partial charge in [-0.25, -0.2) is 9.38 Å². The van der Waals surface area contributed by atoms with Crippen molar-refractivity contribution in [3.8, 4) is 0 Å². The van der Waals surface area contributed by atoms with Crippen LogP contribution in [0.15, 0.2) is 77.8 Å². The Labute approximate surface area is 221 Å². The molecule has 1 heterocycles. The Morgan fingerprint density at radius 1 is 1.03 bits per heavy atom. The number of aliphatic imine (C=N–C) groups is 1. The van der Waals surface area contributed by atoms with Crippen molar-refractivity contribution < 1.29 is 22.4 Å². The second-order valence-corrected chi connectivity index (χ2v) is 9.03. The largest absolute Gasteiger partial charge is 0.406 e. The summed E-state index contributed by atoms with van der Waals surface area (Å²) in [7, 11) is 0. The third-order valence-electron chi connectivity index (χ3n) is 5.61. The third kappa shape index (κ3) is 5.97. The average Bonchev–Trinajstić information content (AvgIpc) is 2.96. The number of hydrogen-bond donors (Lipinski definition) is 1. The summed E-state index contributed by atoms with van der Waals surface area (Å²) in [5.41, 5.74) is 1.25. The molecular formula is C27H21Cl2F4N3O. The van der Waals surface area contributed by atoms with Crippen molar-refractivity contribution in [3.05, 3.63) is 105 Å². The first-order valence-corrected chi connectivity index (χ1v) is 12.1. The molecule has 0 aliphatic carbocycles. The van der Waals surface area contributed by atoms with E-state index in [-0.39, 0.29) is 27.5 Å². The zero-order chi connectivity index (χ0) is 26.7. The first-order chi connectivity index (χ1) is 17.6. The van der Waals surface area contributed by atoms with Gasteiger partial charge >= 0.3 is 6.18 Å². The highest BCUT2D eigenvalue weighted by Crippen LogP contribution is 2.32. The van der Waals surface area contributed by atoms with Gasteiger partial charge in [0.15, 0.2) is 6.17 Å². The first kappa shape index (κ1) is 26.7. The van der Waals surface area contributed by atoms with Crippen LogP contribution in [0, 0.1) is 5.82 Å². The molecule has 0 saturated heterocycles. The van der Waals surface area contributed by atoms with Crippen molar-refractivity contribution in [2.75, 3.05) is 11.4 Å². The van der Waals surface area contributed by atoms with E-state index in [0.29, 0.717) is 27.6 Å². The molecule has 1 atom stereocenters. The Morgan fingerprint density at radius 2 is 1.70 bits per heavy atom. The predicted molar refractivity (Wildman–Crippen MR) is 139 cm³/mol. The highest BCUT2D eigenvalue weighted by Gasteiger charge is 2.40. The van der Waals surface area contributed by atoms with Gasteiger partial charge in [0, 0.05) is 16.8 Å². The smallest absolute Gasteiger partial charge is 0.356 e. The number of rotatable bonds is 6. The van der Waals surface area contributed by atoms with E-state index in [0.717, 1.165) is 0 Å². The lowest BCUT2D eigenvalue weighted by atomic mass is 9.99. The average molecular weight is 550 g/mol. The van der Waals surface area contributed by atoms with Gasteiger partial charge in [0.05, 0.1) is 21.4 Å². The van der Waals surface area contributed by atoms with Gasteiger partial charge in [-0.3, -0.25) is 9.69 Å². The summed E-state index contributed by atoms with van der Waals surface area (Å²) >= 11 is 12.2. The second-order valence-electron chi connectivity index (χ2n) is 8.22. The van der Waals surface area contributed by atoms with Crippen molar-refractivity contribution in [3.63, 3.8) is 0 Å². The first-order valence-electron chi connectivity index (χ1n) is 11.3. The number of halogens is 6. The van der Waals surface area contributed by atoms with Crippen LogP contribution in [0.1, 0.15) is 30.0 Å². The normalized spacial score (nSPS) is 16.2. The van der Waals surface area contributed by atoms with Crippen LogP contribution >= 0.6 is 23.2 Å². The van der Waals surface area contributed by atoms with E-state index in [9.17, 15) is 22.4 Å². The lowest BCUT2D eigenvalue weighted by molar-refractivity contribution is -0.133. The summed E-state index contributed by atoms with van der Waals surface area (Å²) in [6.07, 6.45) is -3.92. The molecular weight excluding hydrogens is 529 g/mol. The lowest BCUT2D eigenvalue weighted by Gasteiger charge is -2.27. The maximum absolute atomic E-state index is 14.9. The summed E-state index contributed by atoms with van der Waals surface area (Å²) in [5.74, 6) is -1.57. The number of benzene rings is 3. The van der Waals surface area contributed by atoms with Crippen molar-refractivity contribution in [1.82, 2.24) is 5.32 Å². The summed E-state index contributed by atoms with van der Waals surface area (Å²) in [6.45, 7) is 0.314. The zero-order valence-corrected chi connectivity index (χ0v) is 21.0. The van der Waals surface area contributed by atoms with Crippen LogP contribution in [0.3, 0.4) is 0 Å². The Bertz CT molecular complexity index is 1390. The molecule has 0 aromatic heterocycles. The standard InChI is InChI=1S/C27H21Cl2F4N3O/c1-2-7-22(16-12-13-19(28)20(29)14-16)34-25-26(37)36(15-27(31,32)33)23-11-6-4-9-18(23)24(35-25)17-8-3-5-10-21(17)30/h3-14,25,34H,2,15H2,1H3/b22-7-. The number of carbonyl (C=O) groups is 1. The van der Waals surface area contributed by atoms with Crippen LogP contribution in [0.2, 0.25) is 10.0 Å². The van der Waals surface area contributed by atoms with Crippen LogP contribution in [-0.2, 0) is 4.79 Å². The third-order valence-corrected chi connectivity index (χ3v) is 6.34. The lowest BCUT2D eigenvalue weighted by Crippen LogP contribution is -2.48. The van der Waals surface area contributed by atoms with Crippen molar-refractivity contribution in [1.29, 1.82) is 0 Å². The van der Waals surface area contributed by atoms with Gasteiger partial charge in [0.2, 0.25) is 0 Å². The number of alkyl halides is 3. The number of para-hydroxylation sites is 1. The maximum atomic E-state index is 14.9. The van der Waals surface area contributed by atoms with Crippen LogP contribution in [0.25, 0.3) is 5.70 Å². The van der Waals surface area contributed by atoms with Gasteiger partial charge in [-0.1, -0.05) is 72.6 Å². The number of hydrogen-bond acceptors (Lipinski definition) is 3. The molecule has 4 nitrogen and oxygen atoms in total. The molecule has 0 fully saturated rings. The van der Waals surface area contributed by atoms with E-state index in [1.165, 1.54) is 36.4 Å². The molecule has 1 amide bonds. The van der Waals surface area contributed by atoms with Crippen molar-refractivity contribution in [2.24, 2.45) is 4.99 Å². The minimum absolute atomic E-state index is 0.0216. The van der Waals surface area contributed by atoms with Gasteiger partial charge in [-0.05, 0) is 42.3 Å². The molecule has 4 rings (SSSR count). The molecule has 3 aromatic carbocycles. The Hall–Kier alpha value is -3.36. The molecule has 0 saturated carbocycles. The Balaban J connectivity index is 1.89. The molecule has 1 unspecified atom stereocenters. The molecule has 1 N–H and O–H groups in total. The number of benzodiazepines with no additional fused rings is 1. The molecule has 0 spiro atoms. The topological polar surface area (TPSA) is 44.7 Å². The summed E-state index contributed by atoms with van der Waals surface area (Å²) in [5, 5.41) is 3.55. The molecule has 3 aromatic rings. The Morgan fingerprint density at radius 3 is 2.35 bits per heavy atom. The number of anilines is 1. The fraction of sp³-hybridized carbons (Fsp3) is 0.185. The zero-order valence-electron chi connectivity index (χ0n) is 19.5. The van der Waals surface area contributed by atoms with Gasteiger partial charge in [0.1, 0.15) is 12.4 Å². The van der Waals surface area contributed by atoms with Gasteiger partial charge in [0.25, 0.3) is 5.91 Å². The number of fused-ring (bicyclic) bond motifs is 1. The van der Waals surface area contributed by atoms with E-state index < -0.39 is 30.6 Å². The van der Waals surface area contributed by atoms with Crippen molar-refractivity contribution >= 4 is 46.2 Å². The highest BCUT2D eigenvalue weighted by atomic mass is 35.5. The quantitative estimate of drug-likeness (QED) is 0.329. The van der Waals surface area contributed by atoms with Crippen LogP contribution in [0.5, 0.6) is 0 Å². The summed E-state index contributed by atoms with van der Waals surface area (Å²) < 4.78 is 55.8. The molecule has 0 radical (unpaired) electrons.